The minimum atomic E-state index is 0.396. The van der Waals surface area contributed by atoms with Crippen LogP contribution in [0.1, 0.15) is 47.9 Å². The van der Waals surface area contributed by atoms with Gasteiger partial charge in [0.2, 0.25) is 0 Å². The molecule has 1 aliphatic carbocycles. The summed E-state index contributed by atoms with van der Waals surface area (Å²) in [6.45, 7) is 8.41. The zero-order chi connectivity index (χ0) is 21.7. The van der Waals surface area contributed by atoms with Crippen molar-refractivity contribution in [3.63, 3.8) is 0 Å². The van der Waals surface area contributed by atoms with Gasteiger partial charge in [-0.2, -0.15) is 0 Å². The smallest absolute Gasteiger partial charge is 0.171 e. The third kappa shape index (κ3) is 5.92. The Balaban J connectivity index is 1.44. The van der Waals surface area contributed by atoms with E-state index in [-0.39, 0.29) is 0 Å². The molecule has 1 aliphatic rings. The lowest BCUT2D eigenvalue weighted by molar-refractivity contribution is 0.356. The van der Waals surface area contributed by atoms with E-state index in [0.717, 1.165) is 37.1 Å². The molecule has 0 amide bonds. The lowest BCUT2D eigenvalue weighted by Gasteiger charge is -2.31. The van der Waals surface area contributed by atoms with Crippen LogP contribution < -0.4 is 21.3 Å². The number of rotatable bonds is 4. The van der Waals surface area contributed by atoms with Crippen molar-refractivity contribution in [1.29, 1.82) is 0 Å². The predicted molar refractivity (Wildman–Crippen MR) is 137 cm³/mol. The first-order valence-electron chi connectivity index (χ1n) is 10.6. The Kier molecular flexibility index (Phi) is 7.67. The quantitative estimate of drug-likeness (QED) is 0.471. The van der Waals surface area contributed by atoms with Crippen molar-refractivity contribution in [2.24, 2.45) is 0 Å². The average molecular weight is 441 g/mol. The van der Waals surface area contributed by atoms with Crippen molar-refractivity contribution < 1.29 is 0 Å². The second kappa shape index (κ2) is 10.2. The number of benzene rings is 2. The van der Waals surface area contributed by atoms with E-state index in [2.05, 4.69) is 85.4 Å². The molecule has 1 fully saturated rings. The first-order chi connectivity index (χ1) is 14.3. The van der Waals surface area contributed by atoms with Crippen LogP contribution in [0.4, 0.5) is 11.4 Å². The minimum Gasteiger partial charge on any atom is -0.360 e. The number of hydrogen-bond donors (Lipinski definition) is 4. The van der Waals surface area contributed by atoms with Crippen LogP contribution in [0.2, 0.25) is 0 Å². The van der Waals surface area contributed by atoms with Gasteiger partial charge in [-0.15, -0.1) is 0 Å². The van der Waals surface area contributed by atoms with Gasteiger partial charge in [-0.3, -0.25) is 0 Å². The third-order valence-corrected chi connectivity index (χ3v) is 6.28. The van der Waals surface area contributed by atoms with Crippen molar-refractivity contribution in [2.75, 3.05) is 10.6 Å². The predicted octanol–water partition coefficient (Wildman–Crippen LogP) is 5.50. The monoisotopic (exact) mass is 440 g/mol. The maximum atomic E-state index is 5.56. The first kappa shape index (κ1) is 22.5. The van der Waals surface area contributed by atoms with Crippen LogP contribution in [-0.4, -0.2) is 22.3 Å². The van der Waals surface area contributed by atoms with Crippen LogP contribution in [0.5, 0.6) is 0 Å². The lowest BCUT2D eigenvalue weighted by Crippen LogP contribution is -2.45. The van der Waals surface area contributed by atoms with E-state index in [1.807, 2.05) is 0 Å². The van der Waals surface area contributed by atoms with E-state index in [1.54, 1.807) is 0 Å². The SMILES string of the molecule is Cc1cccc(C)c1NC(=S)NC1CCC(NC(=S)Nc2c(C)cccc2C)CC1. The van der Waals surface area contributed by atoms with E-state index < -0.39 is 0 Å². The zero-order valence-electron chi connectivity index (χ0n) is 18.3. The molecule has 30 heavy (non-hydrogen) atoms. The van der Waals surface area contributed by atoms with Gasteiger partial charge < -0.3 is 21.3 Å². The molecule has 0 aromatic heterocycles. The van der Waals surface area contributed by atoms with Gasteiger partial charge in [0.25, 0.3) is 0 Å². The number of anilines is 2. The molecule has 4 nitrogen and oxygen atoms in total. The highest BCUT2D eigenvalue weighted by molar-refractivity contribution is 7.80. The van der Waals surface area contributed by atoms with Crippen molar-refractivity contribution in [1.82, 2.24) is 10.6 Å². The number of nitrogens with one attached hydrogen (secondary N) is 4. The Hall–Kier alpha value is -2.18. The molecule has 4 N–H and O–H groups in total. The molecule has 0 atom stereocenters. The topological polar surface area (TPSA) is 48.1 Å². The Morgan fingerprint density at radius 1 is 0.633 bits per heavy atom. The summed E-state index contributed by atoms with van der Waals surface area (Å²) in [7, 11) is 0. The van der Waals surface area contributed by atoms with Crippen molar-refractivity contribution >= 4 is 46.0 Å². The number of aryl methyl sites for hydroxylation is 4. The fourth-order valence-electron chi connectivity index (χ4n) is 4.08. The Labute approximate surface area is 191 Å². The van der Waals surface area contributed by atoms with Gasteiger partial charge in [0.1, 0.15) is 0 Å². The van der Waals surface area contributed by atoms with Crippen LogP contribution in [-0.2, 0) is 0 Å². The second-order valence-corrected chi connectivity index (χ2v) is 9.10. The molecule has 0 saturated heterocycles. The summed E-state index contributed by atoms with van der Waals surface area (Å²) in [5.74, 6) is 0. The van der Waals surface area contributed by atoms with Gasteiger partial charge in [0, 0.05) is 23.5 Å². The summed E-state index contributed by atoms with van der Waals surface area (Å²) in [6.07, 6.45) is 4.27. The fourth-order valence-corrected chi connectivity index (χ4v) is 4.61. The van der Waals surface area contributed by atoms with Gasteiger partial charge in [-0.1, -0.05) is 36.4 Å². The molecule has 0 unspecified atom stereocenters. The number of thiocarbonyl (C=S) groups is 2. The summed E-state index contributed by atoms with van der Waals surface area (Å²) in [5.41, 5.74) is 7.03. The fraction of sp³-hybridized carbons (Fsp3) is 0.417. The first-order valence-corrected chi connectivity index (χ1v) is 11.4. The van der Waals surface area contributed by atoms with Gasteiger partial charge in [-0.25, -0.2) is 0 Å². The summed E-state index contributed by atoms with van der Waals surface area (Å²) >= 11 is 11.1. The molecule has 0 aliphatic heterocycles. The molecule has 6 heteroatoms. The molecule has 0 spiro atoms. The van der Waals surface area contributed by atoms with E-state index in [9.17, 15) is 0 Å². The van der Waals surface area contributed by atoms with E-state index >= 15 is 0 Å². The average Bonchev–Trinajstić information content (AvgIpc) is 2.69. The molecule has 0 bridgehead atoms. The summed E-state index contributed by atoms with van der Waals surface area (Å²) in [5, 5.41) is 15.2. The van der Waals surface area contributed by atoms with Gasteiger partial charge in [0.15, 0.2) is 10.2 Å². The van der Waals surface area contributed by atoms with Crippen LogP contribution in [0, 0.1) is 27.7 Å². The van der Waals surface area contributed by atoms with Crippen LogP contribution >= 0.6 is 24.4 Å². The maximum absolute atomic E-state index is 5.56. The lowest BCUT2D eigenvalue weighted by atomic mass is 9.91. The minimum absolute atomic E-state index is 0.396. The van der Waals surface area contributed by atoms with Gasteiger partial charge in [0.05, 0.1) is 0 Å². The standard InChI is InChI=1S/C24H32N4S2/c1-15-7-5-8-16(2)21(15)27-23(29)25-19-11-13-20(14-12-19)26-24(30)28-22-17(3)9-6-10-18(22)4/h5-10,19-20H,11-14H2,1-4H3,(H2,25,27,29)(H2,26,28,30). The number of para-hydroxylation sites is 2. The number of hydrogen-bond acceptors (Lipinski definition) is 2. The maximum Gasteiger partial charge on any atom is 0.171 e. The Bertz CT molecular complexity index is 801. The zero-order valence-corrected chi connectivity index (χ0v) is 19.9. The van der Waals surface area contributed by atoms with Crippen molar-refractivity contribution in [2.45, 2.75) is 65.5 Å². The molecule has 160 valence electrons. The van der Waals surface area contributed by atoms with Crippen molar-refractivity contribution in [3.05, 3.63) is 58.7 Å². The summed E-state index contributed by atoms with van der Waals surface area (Å²) in [4.78, 5) is 0. The molecule has 0 heterocycles. The molecule has 2 aromatic carbocycles. The molecule has 0 radical (unpaired) electrons. The largest absolute Gasteiger partial charge is 0.360 e. The van der Waals surface area contributed by atoms with Crippen molar-refractivity contribution in [3.8, 4) is 0 Å². The molecule has 2 aromatic rings. The normalized spacial score (nSPS) is 18.4. The Morgan fingerprint density at radius 2 is 0.933 bits per heavy atom. The van der Waals surface area contributed by atoms with Crippen LogP contribution in [0.15, 0.2) is 36.4 Å². The van der Waals surface area contributed by atoms with E-state index in [4.69, 9.17) is 24.4 Å². The van der Waals surface area contributed by atoms with Crippen LogP contribution in [0.3, 0.4) is 0 Å². The highest BCUT2D eigenvalue weighted by Gasteiger charge is 2.22. The highest BCUT2D eigenvalue weighted by atomic mass is 32.1. The molecular weight excluding hydrogens is 408 g/mol. The molecule has 3 rings (SSSR count). The Morgan fingerprint density at radius 3 is 1.23 bits per heavy atom. The highest BCUT2D eigenvalue weighted by Crippen LogP contribution is 2.22. The molecular formula is C24H32N4S2. The second-order valence-electron chi connectivity index (χ2n) is 8.28. The van der Waals surface area contributed by atoms with Gasteiger partial charge >= 0.3 is 0 Å². The van der Waals surface area contributed by atoms with Gasteiger partial charge in [-0.05, 0) is 100 Å². The summed E-state index contributed by atoms with van der Waals surface area (Å²) < 4.78 is 0. The third-order valence-electron chi connectivity index (χ3n) is 5.84. The van der Waals surface area contributed by atoms with E-state index in [1.165, 1.54) is 22.3 Å². The summed E-state index contributed by atoms with van der Waals surface area (Å²) in [6, 6.07) is 13.3. The van der Waals surface area contributed by atoms with Crippen LogP contribution in [0.25, 0.3) is 0 Å². The van der Waals surface area contributed by atoms with E-state index in [0.29, 0.717) is 22.3 Å². The molecule has 1 saturated carbocycles.